The van der Waals surface area contributed by atoms with E-state index in [0.29, 0.717) is 12.1 Å². The second-order valence-corrected chi connectivity index (χ2v) is 12.3. The molecule has 11 heteroatoms. The summed E-state index contributed by atoms with van der Waals surface area (Å²) in [5, 5.41) is 3.31. The fraction of sp³-hybridized carbons (Fsp3) is 0.188. The fourth-order valence-corrected chi connectivity index (χ4v) is 6.55. The zero-order chi connectivity index (χ0) is 31.0. The van der Waals surface area contributed by atoms with E-state index in [2.05, 4.69) is 5.32 Å². The molecule has 0 unspecified atom stereocenters. The molecule has 0 aliphatic carbocycles. The smallest absolute Gasteiger partial charge is 0.264 e. The summed E-state index contributed by atoms with van der Waals surface area (Å²) in [6, 6.07) is 25.6. The lowest BCUT2D eigenvalue weighted by Crippen LogP contribution is -2.53. The molecule has 0 heterocycles. The molecule has 0 radical (unpaired) electrons. The number of amides is 2. The van der Waals surface area contributed by atoms with Gasteiger partial charge in [-0.3, -0.25) is 13.9 Å². The van der Waals surface area contributed by atoms with Crippen molar-refractivity contribution in [3.63, 3.8) is 0 Å². The number of benzene rings is 4. The Morgan fingerprint density at radius 1 is 0.837 bits per heavy atom. The van der Waals surface area contributed by atoms with Crippen molar-refractivity contribution >= 4 is 50.7 Å². The number of halogens is 3. The maximum Gasteiger partial charge on any atom is 0.264 e. The first-order chi connectivity index (χ1) is 20.6. The summed E-state index contributed by atoms with van der Waals surface area (Å²) in [6.07, 6.45) is 0.117. The molecule has 0 bridgehead atoms. The van der Waals surface area contributed by atoms with E-state index >= 15 is 4.39 Å². The second kappa shape index (κ2) is 14.5. The van der Waals surface area contributed by atoms with Crippen LogP contribution in [0.2, 0.25) is 10.0 Å². The van der Waals surface area contributed by atoms with Crippen molar-refractivity contribution in [3.8, 4) is 0 Å². The van der Waals surface area contributed by atoms with Crippen LogP contribution in [0.5, 0.6) is 0 Å². The normalized spacial score (nSPS) is 11.9. The second-order valence-electron chi connectivity index (χ2n) is 9.60. The Balaban J connectivity index is 1.83. The molecular weight excluding hydrogens is 612 g/mol. The van der Waals surface area contributed by atoms with Gasteiger partial charge in [-0.05, 0) is 48.9 Å². The van der Waals surface area contributed by atoms with Gasteiger partial charge in [-0.2, -0.15) is 0 Å². The van der Waals surface area contributed by atoms with Gasteiger partial charge < -0.3 is 10.2 Å². The minimum atomic E-state index is -4.42. The minimum absolute atomic E-state index is 0.117. The Kier molecular flexibility index (Phi) is 10.8. The molecule has 0 saturated carbocycles. The number of para-hydroxylation sites is 1. The van der Waals surface area contributed by atoms with Crippen molar-refractivity contribution in [1.82, 2.24) is 10.2 Å². The van der Waals surface area contributed by atoms with Gasteiger partial charge in [0.15, 0.2) is 0 Å². The highest BCUT2D eigenvalue weighted by Crippen LogP contribution is 2.29. The monoisotopic (exact) mass is 641 g/mol. The number of hydrogen-bond acceptors (Lipinski definition) is 4. The highest BCUT2D eigenvalue weighted by Gasteiger charge is 2.35. The number of hydrogen-bond donors (Lipinski definition) is 1. The maximum absolute atomic E-state index is 15.1. The van der Waals surface area contributed by atoms with Crippen LogP contribution in [0.1, 0.15) is 18.1 Å². The highest BCUT2D eigenvalue weighted by molar-refractivity contribution is 7.92. The Labute approximate surface area is 260 Å². The van der Waals surface area contributed by atoms with Crippen LogP contribution in [-0.2, 0) is 32.6 Å². The first-order valence-electron chi connectivity index (χ1n) is 13.5. The topological polar surface area (TPSA) is 86.8 Å². The van der Waals surface area contributed by atoms with E-state index in [4.69, 9.17) is 23.2 Å². The third-order valence-corrected chi connectivity index (χ3v) is 9.23. The van der Waals surface area contributed by atoms with Crippen molar-refractivity contribution in [1.29, 1.82) is 0 Å². The predicted molar refractivity (Wildman–Crippen MR) is 167 cm³/mol. The first-order valence-corrected chi connectivity index (χ1v) is 15.7. The van der Waals surface area contributed by atoms with Crippen LogP contribution in [0.25, 0.3) is 0 Å². The van der Waals surface area contributed by atoms with Gasteiger partial charge >= 0.3 is 0 Å². The Bertz CT molecular complexity index is 1650. The summed E-state index contributed by atoms with van der Waals surface area (Å²) >= 11 is 13.0. The maximum atomic E-state index is 15.1. The number of nitrogens with zero attached hydrogens (tertiary/aromatic N) is 2. The van der Waals surface area contributed by atoms with Crippen molar-refractivity contribution < 1.29 is 22.4 Å². The van der Waals surface area contributed by atoms with Gasteiger partial charge in [-0.1, -0.05) is 89.9 Å². The number of nitrogens with one attached hydrogen (secondary N) is 1. The molecule has 0 aromatic heterocycles. The number of rotatable bonds is 12. The van der Waals surface area contributed by atoms with Gasteiger partial charge in [0, 0.05) is 35.1 Å². The number of anilines is 1. The summed E-state index contributed by atoms with van der Waals surface area (Å²) in [5.74, 6) is -2.04. The zero-order valence-electron chi connectivity index (χ0n) is 23.3. The van der Waals surface area contributed by atoms with Gasteiger partial charge in [0.1, 0.15) is 18.4 Å². The van der Waals surface area contributed by atoms with Crippen LogP contribution in [0.4, 0.5) is 10.1 Å². The molecule has 0 aliphatic heterocycles. The summed E-state index contributed by atoms with van der Waals surface area (Å²) < 4.78 is 43.6. The van der Waals surface area contributed by atoms with Gasteiger partial charge in [-0.15, -0.1) is 0 Å². The SMILES string of the molecule is CCNC(=O)[C@@H](Cc1ccccc1)N(Cc1c(Cl)cccc1Cl)C(=O)CN(c1ccccc1F)S(=O)(=O)c1ccccc1. The molecule has 1 atom stereocenters. The fourth-order valence-electron chi connectivity index (χ4n) is 4.59. The van der Waals surface area contributed by atoms with Crippen molar-refractivity contribution in [2.24, 2.45) is 0 Å². The predicted octanol–water partition coefficient (Wildman–Crippen LogP) is 6.10. The number of sulfonamides is 1. The lowest BCUT2D eigenvalue weighted by molar-refractivity contribution is -0.140. The Morgan fingerprint density at radius 2 is 1.42 bits per heavy atom. The molecule has 0 fully saturated rings. The van der Waals surface area contributed by atoms with E-state index in [-0.39, 0.29) is 33.6 Å². The standard InChI is InChI=1S/C32H30Cl2FN3O4S/c1-2-36-32(40)30(20-23-12-5-3-6-13-23)37(21-25-26(33)16-11-17-27(25)34)31(39)22-38(29-19-10-9-18-28(29)35)43(41,42)24-14-7-4-8-15-24/h3-19,30H,2,20-22H2,1H3,(H,36,40)/t30-/m1/s1. The van der Waals surface area contributed by atoms with Crippen LogP contribution in [-0.4, -0.2) is 44.3 Å². The Hall–Kier alpha value is -3.92. The molecule has 4 aromatic carbocycles. The van der Waals surface area contributed by atoms with Crippen LogP contribution in [0.15, 0.2) is 108 Å². The number of carbonyl (C=O) groups is 2. The first kappa shape index (κ1) is 32.0. The Morgan fingerprint density at radius 3 is 2.02 bits per heavy atom. The van der Waals surface area contributed by atoms with E-state index in [1.54, 1.807) is 31.2 Å². The quantitative estimate of drug-likeness (QED) is 0.202. The van der Waals surface area contributed by atoms with Crippen LogP contribution >= 0.6 is 23.2 Å². The van der Waals surface area contributed by atoms with Crippen LogP contribution < -0.4 is 9.62 Å². The van der Waals surface area contributed by atoms with E-state index in [1.165, 1.54) is 47.4 Å². The molecule has 43 heavy (non-hydrogen) atoms. The molecule has 0 saturated heterocycles. The summed E-state index contributed by atoms with van der Waals surface area (Å²) in [6.45, 7) is 1.04. The summed E-state index contributed by atoms with van der Waals surface area (Å²) in [4.78, 5) is 29.0. The van der Waals surface area contributed by atoms with Crippen LogP contribution in [0, 0.1) is 5.82 Å². The molecular formula is C32H30Cl2FN3O4S. The third-order valence-electron chi connectivity index (χ3n) is 6.74. The lowest BCUT2D eigenvalue weighted by Gasteiger charge is -2.34. The molecule has 2 amide bonds. The number of likely N-dealkylation sites (N-methyl/N-ethyl adjacent to an activating group) is 1. The highest BCUT2D eigenvalue weighted by atomic mass is 35.5. The molecule has 0 aliphatic rings. The van der Waals surface area contributed by atoms with Crippen molar-refractivity contribution in [2.75, 3.05) is 17.4 Å². The molecule has 1 N–H and O–H groups in total. The molecule has 4 rings (SSSR count). The lowest BCUT2D eigenvalue weighted by atomic mass is 10.0. The zero-order valence-corrected chi connectivity index (χ0v) is 25.6. The van der Waals surface area contributed by atoms with E-state index in [0.717, 1.165) is 15.9 Å². The third kappa shape index (κ3) is 7.73. The number of carbonyl (C=O) groups excluding carboxylic acids is 2. The van der Waals surface area contributed by atoms with Gasteiger partial charge in [0.2, 0.25) is 11.8 Å². The molecule has 4 aromatic rings. The van der Waals surface area contributed by atoms with E-state index in [9.17, 15) is 18.0 Å². The van der Waals surface area contributed by atoms with Crippen LogP contribution in [0.3, 0.4) is 0 Å². The molecule has 0 spiro atoms. The molecule has 224 valence electrons. The molecule has 7 nitrogen and oxygen atoms in total. The van der Waals surface area contributed by atoms with Gasteiger partial charge in [-0.25, -0.2) is 12.8 Å². The van der Waals surface area contributed by atoms with Gasteiger partial charge in [0.05, 0.1) is 10.6 Å². The average Bonchev–Trinajstić information content (AvgIpc) is 3.00. The summed E-state index contributed by atoms with van der Waals surface area (Å²) in [5.41, 5.74) is 0.836. The van der Waals surface area contributed by atoms with Crippen molar-refractivity contribution in [2.45, 2.75) is 30.8 Å². The largest absolute Gasteiger partial charge is 0.355 e. The van der Waals surface area contributed by atoms with E-state index in [1.807, 2.05) is 30.3 Å². The van der Waals surface area contributed by atoms with E-state index < -0.39 is 40.2 Å². The minimum Gasteiger partial charge on any atom is -0.355 e. The van der Waals surface area contributed by atoms with Crippen molar-refractivity contribution in [3.05, 3.63) is 130 Å². The van der Waals surface area contributed by atoms with Gasteiger partial charge in [0.25, 0.3) is 10.0 Å². The average molecular weight is 643 g/mol. The summed E-state index contributed by atoms with van der Waals surface area (Å²) in [7, 11) is -4.42.